The molecule has 1 heterocycles. The van der Waals surface area contributed by atoms with E-state index in [2.05, 4.69) is 26.3 Å². The molecule has 88 valence electrons. The van der Waals surface area contributed by atoms with E-state index in [4.69, 9.17) is 5.73 Å². The number of nitrogens with one attached hydrogen (secondary N) is 1. The van der Waals surface area contributed by atoms with Gasteiger partial charge in [-0.15, -0.1) is 0 Å². The minimum absolute atomic E-state index is 0.189. The molecule has 0 unspecified atom stereocenters. The zero-order chi connectivity index (χ0) is 12.4. The predicted octanol–water partition coefficient (Wildman–Crippen LogP) is 1.87. The summed E-state index contributed by atoms with van der Waals surface area (Å²) < 4.78 is 1.71. The lowest BCUT2D eigenvalue weighted by molar-refractivity contribution is 0.704. The van der Waals surface area contributed by atoms with Crippen molar-refractivity contribution < 1.29 is 0 Å². The van der Waals surface area contributed by atoms with Gasteiger partial charge in [-0.25, -0.2) is 4.68 Å². The van der Waals surface area contributed by atoms with Gasteiger partial charge in [0.2, 0.25) is 0 Å². The summed E-state index contributed by atoms with van der Waals surface area (Å²) >= 11 is 3.24. The summed E-state index contributed by atoms with van der Waals surface area (Å²) in [6, 6.07) is 7.23. The third-order valence-corrected chi connectivity index (χ3v) is 3.03. The van der Waals surface area contributed by atoms with Gasteiger partial charge >= 0.3 is 0 Å². The van der Waals surface area contributed by atoms with E-state index in [1.165, 1.54) is 4.68 Å². The number of aromatic nitrogens is 2. The first kappa shape index (κ1) is 11.7. The standard InChI is InChI=1S/C11H11BrN4O/c1-16-11(17)10(12)9(6-14-16)15-8-4-2-7(13)3-5-8/h2-6,15H,13H2,1H3. The lowest BCUT2D eigenvalue weighted by Gasteiger charge is -2.08. The minimum Gasteiger partial charge on any atom is -0.399 e. The zero-order valence-electron chi connectivity index (χ0n) is 9.14. The van der Waals surface area contributed by atoms with Gasteiger partial charge in [0.05, 0.1) is 11.9 Å². The quantitative estimate of drug-likeness (QED) is 0.830. The van der Waals surface area contributed by atoms with E-state index in [-0.39, 0.29) is 5.56 Å². The number of rotatable bonds is 2. The molecule has 0 fully saturated rings. The van der Waals surface area contributed by atoms with E-state index in [9.17, 15) is 4.79 Å². The maximum Gasteiger partial charge on any atom is 0.282 e. The fourth-order valence-electron chi connectivity index (χ4n) is 1.32. The van der Waals surface area contributed by atoms with Crippen molar-refractivity contribution in [2.75, 3.05) is 11.1 Å². The molecule has 5 nitrogen and oxygen atoms in total. The van der Waals surface area contributed by atoms with Gasteiger partial charge in [-0.1, -0.05) is 0 Å². The number of aryl methyl sites for hydroxylation is 1. The molecule has 2 aromatic rings. The number of nitrogen functional groups attached to an aromatic ring is 1. The Balaban J connectivity index is 2.34. The second kappa shape index (κ2) is 4.58. The first-order chi connectivity index (χ1) is 8.08. The second-order valence-corrected chi connectivity index (χ2v) is 4.34. The zero-order valence-corrected chi connectivity index (χ0v) is 10.7. The van der Waals surface area contributed by atoms with Crippen LogP contribution in [0.2, 0.25) is 0 Å². The number of hydrogen-bond acceptors (Lipinski definition) is 4. The summed E-state index contributed by atoms with van der Waals surface area (Å²) in [7, 11) is 1.60. The van der Waals surface area contributed by atoms with Gasteiger partial charge < -0.3 is 11.1 Å². The van der Waals surface area contributed by atoms with E-state index in [1.807, 2.05) is 12.1 Å². The molecule has 1 aromatic carbocycles. The van der Waals surface area contributed by atoms with Crippen molar-refractivity contribution in [2.24, 2.45) is 7.05 Å². The van der Waals surface area contributed by atoms with Crippen LogP contribution in [0.25, 0.3) is 0 Å². The smallest absolute Gasteiger partial charge is 0.282 e. The van der Waals surface area contributed by atoms with Crippen LogP contribution in [-0.2, 0) is 7.05 Å². The first-order valence-corrected chi connectivity index (χ1v) is 5.71. The number of benzene rings is 1. The van der Waals surface area contributed by atoms with Crippen LogP contribution in [0.4, 0.5) is 17.1 Å². The molecule has 0 aliphatic heterocycles. The highest BCUT2D eigenvalue weighted by Gasteiger charge is 2.06. The normalized spacial score (nSPS) is 10.2. The second-order valence-electron chi connectivity index (χ2n) is 3.55. The van der Waals surface area contributed by atoms with Crippen molar-refractivity contribution in [3.63, 3.8) is 0 Å². The highest BCUT2D eigenvalue weighted by Crippen LogP contribution is 2.22. The maximum absolute atomic E-state index is 11.6. The fourth-order valence-corrected chi connectivity index (χ4v) is 1.78. The third-order valence-electron chi connectivity index (χ3n) is 2.27. The number of nitrogens with zero attached hydrogens (tertiary/aromatic N) is 2. The third kappa shape index (κ3) is 2.47. The molecular weight excluding hydrogens is 284 g/mol. The van der Waals surface area contributed by atoms with Crippen LogP contribution in [0.5, 0.6) is 0 Å². The van der Waals surface area contributed by atoms with Crippen LogP contribution in [-0.4, -0.2) is 9.78 Å². The van der Waals surface area contributed by atoms with E-state index in [0.717, 1.165) is 5.69 Å². The Morgan fingerprint density at radius 1 is 1.35 bits per heavy atom. The van der Waals surface area contributed by atoms with Crippen LogP contribution in [0.1, 0.15) is 0 Å². The summed E-state index contributed by atoms with van der Waals surface area (Å²) in [6.45, 7) is 0. The van der Waals surface area contributed by atoms with Gasteiger partial charge in [0.25, 0.3) is 5.56 Å². The highest BCUT2D eigenvalue weighted by atomic mass is 79.9. The maximum atomic E-state index is 11.6. The number of anilines is 3. The topological polar surface area (TPSA) is 72.9 Å². The van der Waals surface area contributed by atoms with Crippen molar-refractivity contribution in [3.8, 4) is 0 Å². The van der Waals surface area contributed by atoms with Crippen LogP contribution in [0.3, 0.4) is 0 Å². The van der Waals surface area contributed by atoms with Crippen LogP contribution in [0.15, 0.2) is 39.7 Å². The molecule has 0 atom stereocenters. The number of nitrogens with two attached hydrogens (primary N) is 1. The van der Waals surface area contributed by atoms with Crippen molar-refractivity contribution in [3.05, 3.63) is 45.3 Å². The van der Waals surface area contributed by atoms with Crippen LogP contribution >= 0.6 is 15.9 Å². The van der Waals surface area contributed by atoms with Crippen molar-refractivity contribution in [1.82, 2.24) is 9.78 Å². The Bertz CT molecular complexity index is 591. The molecule has 0 bridgehead atoms. The first-order valence-electron chi connectivity index (χ1n) is 4.92. The summed E-state index contributed by atoms with van der Waals surface area (Å²) in [5.74, 6) is 0. The Hall–Kier alpha value is -1.82. The van der Waals surface area contributed by atoms with E-state index in [1.54, 1.807) is 25.4 Å². The predicted molar refractivity (Wildman–Crippen MR) is 71.3 cm³/mol. The lowest BCUT2D eigenvalue weighted by Crippen LogP contribution is -2.20. The molecular formula is C11H11BrN4O. The van der Waals surface area contributed by atoms with Crippen molar-refractivity contribution in [1.29, 1.82) is 0 Å². The summed E-state index contributed by atoms with van der Waals surface area (Å²) in [6.07, 6.45) is 1.59. The lowest BCUT2D eigenvalue weighted by atomic mass is 10.3. The molecule has 0 spiro atoms. The Morgan fingerprint density at radius 2 is 2.00 bits per heavy atom. The molecule has 3 N–H and O–H groups in total. The van der Waals surface area contributed by atoms with Gasteiger partial charge in [-0.3, -0.25) is 4.79 Å². The van der Waals surface area contributed by atoms with Gasteiger partial charge in [-0.2, -0.15) is 5.10 Å². The summed E-state index contributed by atoms with van der Waals surface area (Å²) in [5.41, 5.74) is 7.56. The van der Waals surface area contributed by atoms with E-state index >= 15 is 0 Å². The minimum atomic E-state index is -0.189. The van der Waals surface area contributed by atoms with Crippen molar-refractivity contribution >= 4 is 33.0 Å². The van der Waals surface area contributed by atoms with Crippen molar-refractivity contribution in [2.45, 2.75) is 0 Å². The van der Waals surface area contributed by atoms with Crippen LogP contribution in [0, 0.1) is 0 Å². The Morgan fingerprint density at radius 3 is 2.65 bits per heavy atom. The average molecular weight is 295 g/mol. The van der Waals surface area contributed by atoms with Gasteiger partial charge in [0.15, 0.2) is 0 Å². The number of hydrogen-bond donors (Lipinski definition) is 2. The SMILES string of the molecule is Cn1ncc(Nc2ccc(N)cc2)c(Br)c1=O. The fraction of sp³-hybridized carbons (Fsp3) is 0.0909. The van der Waals surface area contributed by atoms with E-state index in [0.29, 0.717) is 15.8 Å². The molecule has 0 aliphatic carbocycles. The molecule has 0 aliphatic rings. The van der Waals surface area contributed by atoms with Crippen LogP contribution < -0.4 is 16.6 Å². The molecule has 0 saturated heterocycles. The molecule has 2 rings (SSSR count). The molecule has 1 aromatic heterocycles. The summed E-state index contributed by atoms with van der Waals surface area (Å²) in [5, 5.41) is 7.03. The molecule has 0 amide bonds. The van der Waals surface area contributed by atoms with Gasteiger partial charge in [-0.05, 0) is 40.2 Å². The van der Waals surface area contributed by atoms with Gasteiger partial charge in [0.1, 0.15) is 4.47 Å². The molecule has 0 saturated carbocycles. The monoisotopic (exact) mass is 294 g/mol. The Kier molecular flexibility index (Phi) is 3.14. The molecule has 0 radical (unpaired) electrons. The highest BCUT2D eigenvalue weighted by molar-refractivity contribution is 9.10. The number of halogens is 1. The summed E-state index contributed by atoms with van der Waals surface area (Å²) in [4.78, 5) is 11.6. The average Bonchev–Trinajstić information content (AvgIpc) is 2.33. The molecule has 17 heavy (non-hydrogen) atoms. The molecule has 6 heteroatoms. The van der Waals surface area contributed by atoms with Gasteiger partial charge in [0, 0.05) is 18.4 Å². The largest absolute Gasteiger partial charge is 0.399 e. The Labute approximate surface area is 106 Å². The van der Waals surface area contributed by atoms with E-state index < -0.39 is 0 Å².